The first-order chi connectivity index (χ1) is 14.7. The number of methoxy groups -OCH3 is 1. The van der Waals surface area contributed by atoms with Gasteiger partial charge in [0.25, 0.3) is 0 Å². The first-order valence-electron chi connectivity index (χ1n) is 11.1. The fraction of sp³-hybridized carbons (Fsp3) is 0.500. The highest BCUT2D eigenvalue weighted by Crippen LogP contribution is 2.44. The van der Waals surface area contributed by atoms with Crippen LogP contribution in [0.2, 0.25) is 0 Å². The Labute approximate surface area is 179 Å². The summed E-state index contributed by atoms with van der Waals surface area (Å²) in [6.45, 7) is 0.209. The summed E-state index contributed by atoms with van der Waals surface area (Å²) in [4.78, 5) is 4.09. The smallest absolute Gasteiger partial charge is 0.161 e. The van der Waals surface area contributed by atoms with Crippen molar-refractivity contribution in [2.75, 3.05) is 13.7 Å². The number of benzene rings is 1. The second-order valence-corrected chi connectivity index (χ2v) is 8.60. The molecule has 1 N–H and O–H groups in total. The predicted molar refractivity (Wildman–Crippen MR) is 118 cm³/mol. The Hall–Kier alpha value is -2.51. The van der Waals surface area contributed by atoms with Crippen molar-refractivity contribution in [3.63, 3.8) is 0 Å². The number of pyridine rings is 1. The molecule has 2 aliphatic carbocycles. The molecule has 0 bridgehead atoms. The van der Waals surface area contributed by atoms with E-state index in [4.69, 9.17) is 9.47 Å². The summed E-state index contributed by atoms with van der Waals surface area (Å²) >= 11 is 0. The Morgan fingerprint density at radius 2 is 1.87 bits per heavy atom. The third kappa shape index (κ3) is 4.63. The van der Waals surface area contributed by atoms with E-state index >= 15 is 0 Å². The number of hydrogen-bond donors (Lipinski definition) is 1. The quantitative estimate of drug-likeness (QED) is 0.720. The van der Waals surface area contributed by atoms with Crippen LogP contribution in [-0.2, 0) is 5.41 Å². The van der Waals surface area contributed by atoms with Crippen LogP contribution < -0.4 is 9.47 Å². The van der Waals surface area contributed by atoms with Gasteiger partial charge in [0.2, 0.25) is 0 Å². The zero-order valence-corrected chi connectivity index (χ0v) is 17.8. The van der Waals surface area contributed by atoms with Crippen molar-refractivity contribution in [2.45, 2.75) is 62.9 Å². The average Bonchev–Trinajstić information content (AvgIpc) is 3.31. The van der Waals surface area contributed by atoms with E-state index < -0.39 is 0 Å². The highest BCUT2D eigenvalue weighted by Gasteiger charge is 2.37. The number of aromatic nitrogens is 1. The molecule has 4 nitrogen and oxygen atoms in total. The molecule has 2 saturated carbocycles. The van der Waals surface area contributed by atoms with E-state index in [1.54, 1.807) is 19.5 Å². The summed E-state index contributed by atoms with van der Waals surface area (Å²) in [5.41, 5.74) is 1.83. The van der Waals surface area contributed by atoms with Crippen LogP contribution in [0.1, 0.15) is 62.5 Å². The lowest BCUT2D eigenvalue weighted by atomic mass is 9.66. The fourth-order valence-electron chi connectivity index (χ4n) is 4.87. The molecule has 4 rings (SSSR count). The van der Waals surface area contributed by atoms with E-state index in [-0.39, 0.29) is 24.0 Å². The SMILES string of the molecule is COc1ccc(C2(C#Cc3ccncc3)CCCC(CO)C2)cc1OC1CCCC1. The highest BCUT2D eigenvalue weighted by atomic mass is 16.5. The van der Waals surface area contributed by atoms with Crippen LogP contribution in [0.5, 0.6) is 11.5 Å². The van der Waals surface area contributed by atoms with Crippen LogP contribution >= 0.6 is 0 Å². The molecule has 2 aromatic rings. The molecule has 2 fully saturated rings. The molecule has 2 aliphatic rings. The van der Waals surface area contributed by atoms with E-state index in [1.807, 2.05) is 18.2 Å². The Kier molecular flexibility index (Phi) is 6.59. The van der Waals surface area contributed by atoms with E-state index in [0.717, 1.165) is 61.2 Å². The van der Waals surface area contributed by atoms with Crippen molar-refractivity contribution in [3.8, 4) is 23.3 Å². The topological polar surface area (TPSA) is 51.6 Å². The van der Waals surface area contributed by atoms with Gasteiger partial charge in [0, 0.05) is 24.6 Å². The first-order valence-corrected chi connectivity index (χ1v) is 11.1. The summed E-state index contributed by atoms with van der Waals surface area (Å²) in [6.07, 6.45) is 12.4. The van der Waals surface area contributed by atoms with Crippen LogP contribution in [0.25, 0.3) is 0 Å². The fourth-order valence-corrected chi connectivity index (χ4v) is 4.87. The zero-order chi connectivity index (χ0) is 20.8. The van der Waals surface area contributed by atoms with Crippen LogP contribution in [-0.4, -0.2) is 29.9 Å². The molecule has 0 radical (unpaired) electrons. The Morgan fingerprint density at radius 3 is 2.60 bits per heavy atom. The van der Waals surface area contributed by atoms with Gasteiger partial charge in [0.1, 0.15) is 0 Å². The monoisotopic (exact) mass is 405 g/mol. The van der Waals surface area contributed by atoms with Gasteiger partial charge in [0.05, 0.1) is 18.6 Å². The highest BCUT2D eigenvalue weighted by molar-refractivity contribution is 5.49. The number of hydrogen-bond acceptors (Lipinski definition) is 4. The molecule has 0 aliphatic heterocycles. The molecule has 1 aromatic heterocycles. The largest absolute Gasteiger partial charge is 0.493 e. The Morgan fingerprint density at radius 1 is 1.07 bits per heavy atom. The minimum atomic E-state index is -0.297. The first kappa shape index (κ1) is 20.8. The van der Waals surface area contributed by atoms with Gasteiger partial charge in [-0.2, -0.15) is 0 Å². The van der Waals surface area contributed by atoms with Gasteiger partial charge >= 0.3 is 0 Å². The van der Waals surface area contributed by atoms with E-state index in [0.29, 0.717) is 0 Å². The van der Waals surface area contributed by atoms with Crippen molar-refractivity contribution in [2.24, 2.45) is 5.92 Å². The van der Waals surface area contributed by atoms with Crippen LogP contribution in [0.15, 0.2) is 42.7 Å². The molecule has 0 amide bonds. The predicted octanol–water partition coefficient (Wildman–Crippen LogP) is 4.88. The lowest BCUT2D eigenvalue weighted by Gasteiger charge is -2.37. The summed E-state index contributed by atoms with van der Waals surface area (Å²) in [5.74, 6) is 8.84. The van der Waals surface area contributed by atoms with Crippen molar-refractivity contribution in [1.29, 1.82) is 0 Å². The lowest BCUT2D eigenvalue weighted by molar-refractivity contribution is 0.162. The average molecular weight is 406 g/mol. The molecule has 0 spiro atoms. The molecular weight excluding hydrogens is 374 g/mol. The molecular formula is C26H31NO3. The molecule has 2 unspecified atom stereocenters. The number of ether oxygens (including phenoxy) is 2. The van der Waals surface area contributed by atoms with Crippen molar-refractivity contribution in [1.82, 2.24) is 4.98 Å². The van der Waals surface area contributed by atoms with Crippen LogP contribution in [0, 0.1) is 17.8 Å². The molecule has 1 heterocycles. The van der Waals surface area contributed by atoms with Gasteiger partial charge in [-0.15, -0.1) is 0 Å². The van der Waals surface area contributed by atoms with E-state index in [1.165, 1.54) is 12.8 Å². The standard InChI is InChI=1S/C26H31NO3/c1-29-24-9-8-22(17-25(24)30-23-6-2-3-7-23)26(13-4-5-21(18-26)19-28)14-10-20-11-15-27-16-12-20/h8-9,11-12,15-17,21,23,28H,2-7,13,18-19H2,1H3. The second-order valence-electron chi connectivity index (χ2n) is 8.60. The second kappa shape index (κ2) is 9.53. The van der Waals surface area contributed by atoms with E-state index in [2.05, 4.69) is 29.0 Å². The molecule has 0 saturated heterocycles. The normalized spacial score (nSPS) is 24.1. The van der Waals surface area contributed by atoms with Gasteiger partial charge in [0.15, 0.2) is 11.5 Å². The van der Waals surface area contributed by atoms with Gasteiger partial charge in [-0.1, -0.05) is 24.3 Å². The molecule has 1 aromatic carbocycles. The van der Waals surface area contributed by atoms with Gasteiger partial charge in [-0.25, -0.2) is 0 Å². The van der Waals surface area contributed by atoms with Crippen molar-refractivity contribution in [3.05, 3.63) is 53.9 Å². The summed E-state index contributed by atoms with van der Waals surface area (Å²) < 4.78 is 12.0. The van der Waals surface area contributed by atoms with Gasteiger partial charge in [-0.05, 0) is 80.7 Å². The number of rotatable bonds is 5. The van der Waals surface area contributed by atoms with Crippen molar-refractivity contribution >= 4 is 0 Å². The van der Waals surface area contributed by atoms with Gasteiger partial charge in [-0.3, -0.25) is 4.98 Å². The molecule has 30 heavy (non-hydrogen) atoms. The molecule has 158 valence electrons. The van der Waals surface area contributed by atoms with E-state index in [9.17, 15) is 5.11 Å². The zero-order valence-electron chi connectivity index (χ0n) is 17.8. The summed E-state index contributed by atoms with van der Waals surface area (Å²) in [7, 11) is 1.69. The van der Waals surface area contributed by atoms with Gasteiger partial charge < -0.3 is 14.6 Å². The molecule has 2 atom stereocenters. The lowest BCUT2D eigenvalue weighted by Crippen LogP contribution is -2.33. The minimum Gasteiger partial charge on any atom is -0.493 e. The number of nitrogens with zero attached hydrogens (tertiary/aromatic N) is 1. The summed E-state index contributed by atoms with van der Waals surface area (Å²) in [5, 5.41) is 9.88. The molecule has 4 heteroatoms. The third-order valence-electron chi connectivity index (χ3n) is 6.55. The summed E-state index contributed by atoms with van der Waals surface area (Å²) in [6, 6.07) is 10.2. The minimum absolute atomic E-state index is 0.209. The van der Waals surface area contributed by atoms with Crippen LogP contribution in [0.4, 0.5) is 0 Å². The number of aliphatic hydroxyl groups excluding tert-OH is 1. The maximum Gasteiger partial charge on any atom is 0.161 e. The third-order valence-corrected chi connectivity index (χ3v) is 6.55. The maximum absolute atomic E-state index is 9.88. The van der Waals surface area contributed by atoms with Crippen molar-refractivity contribution < 1.29 is 14.6 Å². The number of aliphatic hydroxyl groups is 1. The Balaban J connectivity index is 1.72. The Bertz CT molecular complexity index is 895. The maximum atomic E-state index is 9.88. The van der Waals surface area contributed by atoms with Crippen LogP contribution in [0.3, 0.4) is 0 Å².